The molecule has 3 aliphatic rings. The van der Waals surface area contributed by atoms with Gasteiger partial charge in [0.2, 0.25) is 0 Å². The molecule has 0 unspecified atom stereocenters. The van der Waals surface area contributed by atoms with Crippen molar-refractivity contribution in [2.75, 3.05) is 11.6 Å². The maximum absolute atomic E-state index is 12.4. The first-order valence-corrected chi connectivity index (χ1v) is 9.50. The molecule has 2 atom stereocenters. The monoisotopic (exact) mass is 405 g/mol. The average molecular weight is 405 g/mol. The lowest BCUT2D eigenvalue weighted by Gasteiger charge is -2.35. The molecule has 29 heavy (non-hydrogen) atoms. The fourth-order valence-electron chi connectivity index (χ4n) is 4.52. The summed E-state index contributed by atoms with van der Waals surface area (Å²) in [4.78, 5) is 14.3. The van der Waals surface area contributed by atoms with Crippen molar-refractivity contribution < 1.29 is 32.2 Å². The van der Waals surface area contributed by atoms with E-state index in [1.165, 1.54) is 12.1 Å². The fraction of sp³-hybridized carbons (Fsp3) is 0.381. The second-order valence-electron chi connectivity index (χ2n) is 7.54. The molecule has 2 aliphatic heterocycles. The highest BCUT2D eigenvalue weighted by molar-refractivity contribution is 5.81. The Kier molecular flexibility index (Phi) is 4.11. The third-order valence-corrected chi connectivity index (χ3v) is 5.83. The van der Waals surface area contributed by atoms with E-state index in [9.17, 15) is 18.0 Å². The second kappa shape index (κ2) is 6.57. The topological polar surface area (TPSA) is 48.0 Å². The number of nitrogens with zero attached hydrogens (tertiary/aromatic N) is 1. The highest BCUT2D eigenvalue weighted by Crippen LogP contribution is 2.50. The fourth-order valence-corrected chi connectivity index (χ4v) is 4.52. The van der Waals surface area contributed by atoms with E-state index in [1.54, 1.807) is 12.1 Å². The Hall–Kier alpha value is -2.90. The Morgan fingerprint density at radius 1 is 1.03 bits per heavy atom. The summed E-state index contributed by atoms with van der Waals surface area (Å²) in [5.41, 5.74) is 2.52. The zero-order valence-electron chi connectivity index (χ0n) is 15.4. The van der Waals surface area contributed by atoms with Crippen LogP contribution in [0.2, 0.25) is 0 Å². The summed E-state index contributed by atoms with van der Waals surface area (Å²) in [7, 11) is 0. The molecular formula is C21H18F3NO4. The SMILES string of the molecule is O=C1Oc2c(ccc3c2CN(c2ccc(OC(F)(F)F)cc2)CO3)[C@H]2CCC[C@@H]12. The molecule has 1 saturated carbocycles. The van der Waals surface area contributed by atoms with Crippen molar-refractivity contribution in [2.45, 2.75) is 38.1 Å². The molecule has 2 heterocycles. The van der Waals surface area contributed by atoms with Crippen molar-refractivity contribution >= 4 is 11.7 Å². The number of esters is 1. The number of benzene rings is 2. The van der Waals surface area contributed by atoms with E-state index < -0.39 is 6.36 Å². The van der Waals surface area contributed by atoms with Gasteiger partial charge in [-0.1, -0.05) is 12.5 Å². The highest BCUT2D eigenvalue weighted by Gasteiger charge is 2.42. The van der Waals surface area contributed by atoms with Gasteiger partial charge in [-0.2, -0.15) is 0 Å². The molecule has 0 amide bonds. The lowest BCUT2D eigenvalue weighted by atomic mass is 9.85. The van der Waals surface area contributed by atoms with E-state index in [-0.39, 0.29) is 30.3 Å². The van der Waals surface area contributed by atoms with Crippen molar-refractivity contribution in [1.29, 1.82) is 0 Å². The molecule has 0 bridgehead atoms. The summed E-state index contributed by atoms with van der Waals surface area (Å²) in [6, 6.07) is 9.53. The molecule has 2 aromatic carbocycles. The molecule has 0 spiro atoms. The number of alkyl halides is 3. The smallest absolute Gasteiger partial charge is 0.473 e. The Morgan fingerprint density at radius 3 is 2.55 bits per heavy atom. The first-order chi connectivity index (χ1) is 13.9. The lowest BCUT2D eigenvalue weighted by molar-refractivity contribution is -0.274. The minimum absolute atomic E-state index is 0.0673. The third kappa shape index (κ3) is 3.26. The van der Waals surface area contributed by atoms with E-state index in [2.05, 4.69) is 4.74 Å². The zero-order valence-corrected chi connectivity index (χ0v) is 15.4. The highest BCUT2D eigenvalue weighted by atomic mass is 19.4. The Balaban J connectivity index is 1.42. The molecule has 152 valence electrons. The summed E-state index contributed by atoms with van der Waals surface area (Å²) in [5.74, 6) is 0.907. The van der Waals surface area contributed by atoms with Crippen LogP contribution in [-0.4, -0.2) is 19.1 Å². The van der Waals surface area contributed by atoms with Crippen LogP contribution in [0.5, 0.6) is 17.2 Å². The summed E-state index contributed by atoms with van der Waals surface area (Å²) in [5, 5.41) is 0. The van der Waals surface area contributed by atoms with Gasteiger partial charge >= 0.3 is 12.3 Å². The predicted molar refractivity (Wildman–Crippen MR) is 97.0 cm³/mol. The molecule has 0 radical (unpaired) electrons. The van der Waals surface area contributed by atoms with Crippen molar-refractivity contribution in [3.63, 3.8) is 0 Å². The number of rotatable bonds is 2. The summed E-state index contributed by atoms with van der Waals surface area (Å²) in [6.07, 6.45) is -1.89. The van der Waals surface area contributed by atoms with Gasteiger partial charge in [0.25, 0.3) is 0 Å². The van der Waals surface area contributed by atoms with Crippen LogP contribution >= 0.6 is 0 Å². The summed E-state index contributed by atoms with van der Waals surface area (Å²) in [6.45, 7) is 0.675. The molecular weight excluding hydrogens is 387 g/mol. The molecule has 8 heteroatoms. The van der Waals surface area contributed by atoms with Gasteiger partial charge in [-0.25, -0.2) is 0 Å². The van der Waals surface area contributed by atoms with E-state index >= 15 is 0 Å². The molecule has 2 aromatic rings. The normalized spacial score (nSPS) is 22.9. The number of carbonyl (C=O) groups is 1. The Labute approximate surface area is 165 Å². The lowest BCUT2D eigenvalue weighted by Crippen LogP contribution is -2.34. The minimum Gasteiger partial charge on any atom is -0.473 e. The molecule has 1 fully saturated rings. The summed E-state index contributed by atoms with van der Waals surface area (Å²) >= 11 is 0. The van der Waals surface area contributed by atoms with Crippen LogP contribution in [0.15, 0.2) is 36.4 Å². The molecule has 0 N–H and O–H groups in total. The van der Waals surface area contributed by atoms with Crippen LogP contribution in [0.3, 0.4) is 0 Å². The Morgan fingerprint density at radius 2 is 1.79 bits per heavy atom. The average Bonchev–Trinajstić information content (AvgIpc) is 3.18. The number of hydrogen-bond donors (Lipinski definition) is 0. The largest absolute Gasteiger partial charge is 0.573 e. The minimum atomic E-state index is -4.73. The van der Waals surface area contributed by atoms with Crippen LogP contribution in [0.1, 0.15) is 36.3 Å². The van der Waals surface area contributed by atoms with E-state index in [1.807, 2.05) is 17.0 Å². The van der Waals surface area contributed by atoms with E-state index in [0.717, 1.165) is 30.4 Å². The van der Waals surface area contributed by atoms with Crippen LogP contribution in [0.25, 0.3) is 0 Å². The first kappa shape index (κ1) is 18.1. The summed E-state index contributed by atoms with van der Waals surface area (Å²) < 4.78 is 52.5. The van der Waals surface area contributed by atoms with Crippen LogP contribution < -0.4 is 19.1 Å². The number of halogens is 3. The van der Waals surface area contributed by atoms with E-state index in [4.69, 9.17) is 9.47 Å². The molecule has 1 aliphatic carbocycles. The first-order valence-electron chi connectivity index (χ1n) is 9.50. The predicted octanol–water partition coefficient (Wildman–Crippen LogP) is 4.74. The van der Waals surface area contributed by atoms with Crippen LogP contribution in [0, 0.1) is 5.92 Å². The van der Waals surface area contributed by atoms with Gasteiger partial charge in [0.15, 0.2) is 6.73 Å². The standard InChI is InChI=1S/C21H18F3NO4/c22-21(23,24)29-13-6-4-12(5-7-13)25-10-17-18(27-11-25)9-8-15-14-2-1-3-16(14)20(26)28-19(15)17/h4-9,14,16H,1-3,10-11H2/t14-,16-/m1/s1. The third-order valence-electron chi connectivity index (χ3n) is 5.83. The van der Waals surface area contributed by atoms with Crippen LogP contribution in [-0.2, 0) is 11.3 Å². The van der Waals surface area contributed by atoms with E-state index in [0.29, 0.717) is 23.7 Å². The molecule has 0 saturated heterocycles. The molecule has 5 rings (SSSR count). The number of carbonyl (C=O) groups excluding carboxylic acids is 1. The van der Waals surface area contributed by atoms with Crippen molar-refractivity contribution in [2.24, 2.45) is 5.92 Å². The molecule has 5 nitrogen and oxygen atoms in total. The number of hydrogen-bond acceptors (Lipinski definition) is 5. The van der Waals surface area contributed by atoms with Crippen molar-refractivity contribution in [1.82, 2.24) is 0 Å². The van der Waals surface area contributed by atoms with Crippen molar-refractivity contribution in [3.8, 4) is 17.2 Å². The Bertz CT molecular complexity index is 958. The van der Waals surface area contributed by atoms with Gasteiger partial charge in [-0.15, -0.1) is 13.2 Å². The van der Waals surface area contributed by atoms with Gasteiger partial charge in [-0.3, -0.25) is 4.79 Å². The second-order valence-corrected chi connectivity index (χ2v) is 7.54. The maximum atomic E-state index is 12.4. The maximum Gasteiger partial charge on any atom is 0.573 e. The zero-order chi connectivity index (χ0) is 20.2. The number of anilines is 1. The van der Waals surface area contributed by atoms with Gasteiger partial charge < -0.3 is 19.1 Å². The van der Waals surface area contributed by atoms with Gasteiger partial charge in [0.1, 0.15) is 17.2 Å². The van der Waals surface area contributed by atoms with Crippen LogP contribution in [0.4, 0.5) is 18.9 Å². The van der Waals surface area contributed by atoms with Gasteiger partial charge in [-0.05, 0) is 48.7 Å². The number of ether oxygens (including phenoxy) is 3. The number of fused-ring (bicyclic) bond motifs is 5. The van der Waals surface area contributed by atoms with Crippen molar-refractivity contribution in [3.05, 3.63) is 47.5 Å². The molecule has 0 aromatic heterocycles. The van der Waals surface area contributed by atoms with Gasteiger partial charge in [0.05, 0.1) is 18.0 Å². The van der Waals surface area contributed by atoms with Gasteiger partial charge in [0, 0.05) is 11.6 Å². The quantitative estimate of drug-likeness (QED) is 0.533.